The van der Waals surface area contributed by atoms with Gasteiger partial charge in [-0.05, 0) is 0 Å². The van der Waals surface area contributed by atoms with Crippen LogP contribution in [-0.4, -0.2) is 24.7 Å². The maximum Gasteiger partial charge on any atom is 0.249 e. The molecule has 0 N–H and O–H groups in total. The minimum atomic E-state index is 0.348. The molecule has 72 valence electrons. The normalized spacial score (nSPS) is 10.1. The van der Waals surface area contributed by atoms with Crippen LogP contribution in [-0.2, 0) is 7.05 Å². The van der Waals surface area contributed by atoms with E-state index in [0.717, 1.165) is 0 Å². The molecule has 2 aromatic heterocycles. The summed E-state index contributed by atoms with van der Waals surface area (Å²) in [4.78, 5) is 11.5. The molecular formula is C7H7ClN6. The van der Waals surface area contributed by atoms with E-state index >= 15 is 0 Å². The van der Waals surface area contributed by atoms with Gasteiger partial charge < -0.3 is 0 Å². The fraction of sp³-hybridized carbons (Fsp3) is 0.143. The van der Waals surface area contributed by atoms with E-state index in [-0.39, 0.29) is 0 Å². The molecule has 2 aromatic rings. The monoisotopic (exact) mass is 210 g/mol. The van der Waals surface area contributed by atoms with Crippen LogP contribution in [0.3, 0.4) is 0 Å². The Morgan fingerprint density at radius 1 is 1.36 bits per heavy atom. The first kappa shape index (κ1) is 8.89. The summed E-state index contributed by atoms with van der Waals surface area (Å²) in [6.07, 6.45) is 4.53. The van der Waals surface area contributed by atoms with Crippen LogP contribution in [0.4, 0.5) is 11.8 Å². The highest BCUT2D eigenvalue weighted by Crippen LogP contribution is 2.20. The van der Waals surface area contributed by atoms with E-state index in [1.165, 1.54) is 17.1 Å². The van der Waals surface area contributed by atoms with E-state index in [1.54, 1.807) is 16.9 Å². The summed E-state index contributed by atoms with van der Waals surface area (Å²) in [5, 5.41) is 4.10. The number of hydrogen-bond acceptors (Lipinski definition) is 5. The highest BCUT2D eigenvalue weighted by Gasteiger charge is 2.10. The Hall–Kier alpha value is -1.69. The Kier molecular flexibility index (Phi) is 2.28. The zero-order valence-electron chi connectivity index (χ0n) is 7.37. The average Bonchev–Trinajstić information content (AvgIpc) is 2.65. The van der Waals surface area contributed by atoms with Crippen molar-refractivity contribution in [3.8, 4) is 0 Å². The zero-order valence-corrected chi connectivity index (χ0v) is 8.13. The summed E-state index contributed by atoms with van der Waals surface area (Å²) < 4.78 is 2.91. The molecular weight excluding hydrogens is 204 g/mol. The van der Waals surface area contributed by atoms with Crippen molar-refractivity contribution >= 4 is 23.5 Å². The third-order valence-corrected chi connectivity index (χ3v) is 1.88. The van der Waals surface area contributed by atoms with Crippen LogP contribution in [0.25, 0.3) is 0 Å². The molecule has 0 radical (unpaired) electrons. The Morgan fingerprint density at radius 3 is 2.64 bits per heavy atom. The van der Waals surface area contributed by atoms with Crippen LogP contribution >= 0.6 is 11.8 Å². The minimum absolute atomic E-state index is 0.348. The number of halogens is 1. The lowest BCUT2D eigenvalue weighted by molar-refractivity contribution is 0.767. The molecule has 0 aliphatic rings. The Labute approximate surface area is 85.3 Å². The molecule has 0 aliphatic heterocycles. The maximum absolute atomic E-state index is 5.95. The Morgan fingerprint density at radius 2 is 2.07 bits per heavy atom. The van der Waals surface area contributed by atoms with Crippen molar-refractivity contribution in [2.24, 2.45) is 7.05 Å². The number of aryl methyl sites for hydroxylation is 1. The zero-order chi connectivity index (χ0) is 9.97. The van der Waals surface area contributed by atoms with Crippen LogP contribution in [0.15, 0.2) is 24.9 Å². The van der Waals surface area contributed by atoms with Crippen LogP contribution in [0.5, 0.6) is 0 Å². The average molecular weight is 211 g/mol. The molecule has 0 atom stereocenters. The van der Waals surface area contributed by atoms with Gasteiger partial charge in [0, 0.05) is 31.1 Å². The molecule has 0 fully saturated rings. The lowest BCUT2D eigenvalue weighted by Crippen LogP contribution is -2.07. The summed E-state index contributed by atoms with van der Waals surface area (Å²) in [5.41, 5.74) is 0. The molecule has 7 heteroatoms. The summed E-state index contributed by atoms with van der Waals surface area (Å²) in [5.74, 6) is 0.917. The lowest BCUT2D eigenvalue weighted by Gasteiger charge is -2.08. The number of aromatic nitrogens is 5. The molecule has 0 bridgehead atoms. The molecule has 0 saturated heterocycles. The largest absolute Gasteiger partial charge is 0.274 e. The van der Waals surface area contributed by atoms with Gasteiger partial charge >= 0.3 is 0 Å². The summed E-state index contributed by atoms with van der Waals surface area (Å²) in [7, 11) is 1.81. The summed E-state index contributed by atoms with van der Waals surface area (Å²) >= 11 is 5.95. The first-order chi connectivity index (χ1) is 6.77. The first-order valence-electron chi connectivity index (χ1n) is 3.85. The van der Waals surface area contributed by atoms with Crippen molar-refractivity contribution in [3.63, 3.8) is 0 Å². The molecule has 6 nitrogen and oxygen atoms in total. The predicted molar refractivity (Wildman–Crippen MR) is 51.0 cm³/mol. The second-order valence-corrected chi connectivity index (χ2v) is 2.90. The number of hydrogen-bond donors (Lipinski definition) is 0. The van der Waals surface area contributed by atoms with Crippen LogP contribution < -0.4 is 4.42 Å². The fourth-order valence-electron chi connectivity index (χ4n) is 0.944. The lowest BCUT2D eigenvalue weighted by atomic mass is 10.6. The Balaban J connectivity index is 2.29. The molecule has 0 unspecified atom stereocenters. The molecule has 14 heavy (non-hydrogen) atoms. The topological polar surface area (TPSA) is 59.7 Å². The van der Waals surface area contributed by atoms with Crippen molar-refractivity contribution in [2.45, 2.75) is 0 Å². The van der Waals surface area contributed by atoms with Crippen LogP contribution in [0.2, 0.25) is 0 Å². The number of nitrogens with zero attached hydrogens (tertiary/aromatic N) is 6. The van der Waals surface area contributed by atoms with Crippen molar-refractivity contribution < 1.29 is 0 Å². The van der Waals surface area contributed by atoms with Gasteiger partial charge in [0.2, 0.25) is 5.95 Å². The van der Waals surface area contributed by atoms with E-state index in [9.17, 15) is 0 Å². The summed E-state index contributed by atoms with van der Waals surface area (Å²) in [6, 6.07) is 1.76. The van der Waals surface area contributed by atoms with Gasteiger partial charge in [-0.1, -0.05) is 0 Å². The van der Waals surface area contributed by atoms with Crippen LogP contribution in [0, 0.1) is 0 Å². The van der Waals surface area contributed by atoms with Crippen LogP contribution in [0.1, 0.15) is 0 Å². The van der Waals surface area contributed by atoms with Gasteiger partial charge in [0.15, 0.2) is 5.82 Å². The number of anilines is 2. The Bertz CT molecular complexity index is 413. The molecule has 0 amide bonds. The maximum atomic E-state index is 5.95. The molecule has 2 heterocycles. The van der Waals surface area contributed by atoms with E-state index in [0.29, 0.717) is 11.8 Å². The van der Waals surface area contributed by atoms with E-state index < -0.39 is 0 Å². The van der Waals surface area contributed by atoms with Gasteiger partial charge in [-0.15, -0.1) is 0 Å². The van der Waals surface area contributed by atoms with Crippen molar-refractivity contribution in [1.29, 1.82) is 0 Å². The smallest absolute Gasteiger partial charge is 0.249 e. The van der Waals surface area contributed by atoms with E-state index in [1.807, 2.05) is 7.05 Å². The second kappa shape index (κ2) is 3.59. The van der Waals surface area contributed by atoms with Gasteiger partial charge in [-0.25, -0.2) is 9.40 Å². The third kappa shape index (κ3) is 1.64. The SMILES string of the molecule is Cn1ccc(N(Cl)c2ncncn2)n1. The standard InChI is InChI=1S/C7H7ClN6/c1-13-3-2-6(12-13)14(8)7-10-4-9-5-11-7/h2-5H,1H3. The molecule has 0 saturated carbocycles. The highest BCUT2D eigenvalue weighted by atomic mass is 35.5. The number of rotatable bonds is 2. The molecule has 0 spiro atoms. The first-order valence-corrected chi connectivity index (χ1v) is 4.19. The van der Waals surface area contributed by atoms with E-state index in [2.05, 4.69) is 20.1 Å². The quantitative estimate of drug-likeness (QED) is 0.690. The minimum Gasteiger partial charge on any atom is -0.274 e. The van der Waals surface area contributed by atoms with Crippen molar-refractivity contribution in [1.82, 2.24) is 24.7 Å². The molecule has 0 aliphatic carbocycles. The highest BCUT2D eigenvalue weighted by molar-refractivity contribution is 6.28. The predicted octanol–water partition coefficient (Wildman–Crippen LogP) is 0.897. The van der Waals surface area contributed by atoms with Gasteiger partial charge in [0.25, 0.3) is 0 Å². The van der Waals surface area contributed by atoms with E-state index in [4.69, 9.17) is 11.8 Å². The fourth-order valence-corrected chi connectivity index (χ4v) is 1.12. The third-order valence-electron chi connectivity index (χ3n) is 1.56. The summed E-state index contributed by atoms with van der Waals surface area (Å²) in [6.45, 7) is 0. The van der Waals surface area contributed by atoms with Gasteiger partial charge in [-0.3, -0.25) is 4.68 Å². The van der Waals surface area contributed by atoms with Crippen molar-refractivity contribution in [3.05, 3.63) is 24.9 Å². The van der Waals surface area contributed by atoms with Gasteiger partial charge in [0.1, 0.15) is 12.7 Å². The van der Waals surface area contributed by atoms with Gasteiger partial charge in [0.05, 0.1) is 0 Å². The molecule has 2 rings (SSSR count). The molecule has 0 aromatic carbocycles. The second-order valence-electron chi connectivity index (χ2n) is 2.57. The van der Waals surface area contributed by atoms with Crippen molar-refractivity contribution in [2.75, 3.05) is 4.42 Å². The van der Waals surface area contributed by atoms with Gasteiger partial charge in [-0.2, -0.15) is 15.1 Å².